The van der Waals surface area contributed by atoms with Gasteiger partial charge in [-0.25, -0.2) is 4.79 Å². The molecule has 0 aliphatic heterocycles. The van der Waals surface area contributed by atoms with Crippen molar-refractivity contribution < 1.29 is 9.47 Å². The lowest BCUT2D eigenvalue weighted by Gasteiger charge is -2.15. The molecule has 1 aromatic carbocycles. The quantitative estimate of drug-likeness (QED) is 0.836. The third-order valence-corrected chi connectivity index (χ3v) is 3.93. The highest BCUT2D eigenvalue weighted by molar-refractivity contribution is 5.33. The van der Waals surface area contributed by atoms with Crippen molar-refractivity contribution in [3.8, 4) is 5.75 Å². The number of aryl methyl sites for hydroxylation is 2. The molecule has 0 spiro atoms. The van der Waals surface area contributed by atoms with E-state index in [0.717, 1.165) is 16.9 Å². The number of rotatable bonds is 7. The van der Waals surface area contributed by atoms with Gasteiger partial charge in [-0.3, -0.25) is 14.3 Å². The zero-order valence-electron chi connectivity index (χ0n) is 15.5. The van der Waals surface area contributed by atoms with E-state index in [1.165, 1.54) is 4.57 Å². The number of aromatic amines is 1. The molecule has 0 saturated carbocycles. The molecule has 2 rings (SSSR count). The van der Waals surface area contributed by atoms with Gasteiger partial charge in [-0.2, -0.15) is 0 Å². The van der Waals surface area contributed by atoms with Crippen LogP contribution in [0.2, 0.25) is 0 Å². The molecule has 1 heterocycles. The highest BCUT2D eigenvalue weighted by atomic mass is 16.5. The number of H-pyrrole nitrogens is 1. The van der Waals surface area contributed by atoms with Gasteiger partial charge in [-0.05, 0) is 57.9 Å². The third-order valence-electron chi connectivity index (χ3n) is 3.93. The van der Waals surface area contributed by atoms with E-state index in [1.807, 2.05) is 39.8 Å². The summed E-state index contributed by atoms with van der Waals surface area (Å²) in [6, 6.07) is 6.00. The summed E-state index contributed by atoms with van der Waals surface area (Å²) < 4.78 is 12.7. The van der Waals surface area contributed by atoms with Crippen molar-refractivity contribution in [1.29, 1.82) is 0 Å². The lowest BCUT2D eigenvalue weighted by atomic mass is 10.1. The van der Waals surface area contributed by atoms with Crippen molar-refractivity contribution in [2.75, 3.05) is 6.61 Å². The molecule has 0 atom stereocenters. The summed E-state index contributed by atoms with van der Waals surface area (Å²) in [4.78, 5) is 26.5. The first-order chi connectivity index (χ1) is 11.8. The maximum Gasteiger partial charge on any atom is 0.330 e. The van der Waals surface area contributed by atoms with E-state index in [0.29, 0.717) is 24.3 Å². The van der Waals surface area contributed by atoms with E-state index in [1.54, 1.807) is 6.92 Å². The average molecular weight is 346 g/mol. The van der Waals surface area contributed by atoms with Gasteiger partial charge in [0.05, 0.1) is 12.7 Å². The number of nitrogens with zero attached hydrogens (tertiary/aromatic N) is 1. The van der Waals surface area contributed by atoms with Gasteiger partial charge in [0, 0.05) is 17.7 Å². The second kappa shape index (κ2) is 8.16. The Morgan fingerprint density at radius 1 is 1.08 bits per heavy atom. The van der Waals surface area contributed by atoms with E-state index in [-0.39, 0.29) is 18.4 Å². The minimum atomic E-state index is -0.456. The molecule has 1 aromatic heterocycles. The fourth-order valence-corrected chi connectivity index (χ4v) is 2.68. The van der Waals surface area contributed by atoms with Gasteiger partial charge in [0.15, 0.2) is 0 Å². The van der Waals surface area contributed by atoms with Crippen molar-refractivity contribution in [2.45, 2.75) is 53.9 Å². The van der Waals surface area contributed by atoms with Crippen molar-refractivity contribution in [1.82, 2.24) is 9.55 Å². The van der Waals surface area contributed by atoms with Gasteiger partial charge in [-0.1, -0.05) is 6.07 Å². The molecule has 0 amide bonds. The number of aromatic nitrogens is 2. The lowest BCUT2D eigenvalue weighted by molar-refractivity contribution is 0.0248. The van der Waals surface area contributed by atoms with Crippen LogP contribution in [0.4, 0.5) is 0 Å². The Morgan fingerprint density at radius 2 is 1.72 bits per heavy atom. The van der Waals surface area contributed by atoms with Crippen LogP contribution in [0, 0.1) is 20.8 Å². The molecular weight excluding hydrogens is 320 g/mol. The number of hydrogen-bond acceptors (Lipinski definition) is 4. The molecule has 136 valence electrons. The molecule has 0 fully saturated rings. The molecule has 0 bridgehead atoms. The Kier molecular flexibility index (Phi) is 6.20. The topological polar surface area (TPSA) is 73.3 Å². The number of benzene rings is 1. The maximum atomic E-state index is 12.1. The van der Waals surface area contributed by atoms with E-state index >= 15 is 0 Å². The molecule has 6 heteroatoms. The molecule has 2 aromatic rings. The van der Waals surface area contributed by atoms with Gasteiger partial charge in [0.1, 0.15) is 12.5 Å². The van der Waals surface area contributed by atoms with Crippen molar-refractivity contribution in [3.05, 3.63) is 61.4 Å². The maximum absolute atomic E-state index is 12.1. The zero-order valence-corrected chi connectivity index (χ0v) is 15.5. The molecule has 0 aliphatic carbocycles. The summed E-state index contributed by atoms with van der Waals surface area (Å²) >= 11 is 0. The first kappa shape index (κ1) is 19.0. The second-order valence-electron chi connectivity index (χ2n) is 6.52. The SMILES string of the molecule is Cc1cc(C)cc(OCCc2c(C)n(COC(C)C)c(=O)[nH]c2=O)c1. The Bertz CT molecular complexity index is 829. The van der Waals surface area contributed by atoms with Crippen LogP contribution in [0.1, 0.15) is 36.2 Å². The van der Waals surface area contributed by atoms with Crippen LogP contribution in [0.3, 0.4) is 0 Å². The molecule has 25 heavy (non-hydrogen) atoms. The summed E-state index contributed by atoms with van der Waals surface area (Å²) in [6.07, 6.45) is 0.408. The lowest BCUT2D eigenvalue weighted by Crippen LogP contribution is -2.36. The Balaban J connectivity index is 2.14. The average Bonchev–Trinajstić information content (AvgIpc) is 2.49. The smallest absolute Gasteiger partial charge is 0.330 e. The number of ether oxygens (including phenoxy) is 2. The van der Waals surface area contributed by atoms with Crippen molar-refractivity contribution >= 4 is 0 Å². The Morgan fingerprint density at radius 3 is 2.32 bits per heavy atom. The molecule has 0 aliphatic rings. The Labute approximate surface area is 147 Å². The van der Waals surface area contributed by atoms with E-state index < -0.39 is 5.69 Å². The molecule has 0 unspecified atom stereocenters. The standard InChI is InChI=1S/C19H26N2O4/c1-12(2)25-11-21-15(5)17(18(22)20-19(21)23)6-7-24-16-9-13(3)8-14(4)10-16/h8-10,12H,6-7,11H2,1-5H3,(H,20,22,23). The van der Waals surface area contributed by atoms with Crippen LogP contribution in [-0.4, -0.2) is 22.3 Å². The monoisotopic (exact) mass is 346 g/mol. The van der Waals surface area contributed by atoms with Crippen molar-refractivity contribution in [3.63, 3.8) is 0 Å². The van der Waals surface area contributed by atoms with E-state index in [2.05, 4.69) is 11.1 Å². The van der Waals surface area contributed by atoms with Crippen LogP contribution in [0.25, 0.3) is 0 Å². The largest absolute Gasteiger partial charge is 0.493 e. The fourth-order valence-electron chi connectivity index (χ4n) is 2.68. The van der Waals surface area contributed by atoms with E-state index in [4.69, 9.17) is 9.47 Å². The first-order valence-electron chi connectivity index (χ1n) is 8.43. The molecule has 0 radical (unpaired) electrons. The number of hydrogen-bond donors (Lipinski definition) is 1. The molecular formula is C19H26N2O4. The van der Waals surface area contributed by atoms with Crippen LogP contribution in [0.15, 0.2) is 27.8 Å². The summed E-state index contributed by atoms with van der Waals surface area (Å²) in [7, 11) is 0. The third kappa shape index (κ3) is 5.06. The van der Waals surface area contributed by atoms with Gasteiger partial charge < -0.3 is 9.47 Å². The predicted octanol–water partition coefficient (Wildman–Crippen LogP) is 2.47. The second-order valence-corrected chi connectivity index (χ2v) is 6.52. The predicted molar refractivity (Wildman–Crippen MR) is 97.4 cm³/mol. The Hall–Kier alpha value is -2.34. The normalized spacial score (nSPS) is 11.1. The molecule has 1 N–H and O–H groups in total. The van der Waals surface area contributed by atoms with E-state index in [9.17, 15) is 9.59 Å². The fraction of sp³-hybridized carbons (Fsp3) is 0.474. The zero-order chi connectivity index (χ0) is 18.6. The molecule has 0 saturated heterocycles. The highest BCUT2D eigenvalue weighted by Gasteiger charge is 2.12. The van der Waals surface area contributed by atoms with Crippen LogP contribution < -0.4 is 16.0 Å². The summed E-state index contributed by atoms with van der Waals surface area (Å²) in [5.74, 6) is 0.781. The van der Waals surface area contributed by atoms with Gasteiger partial charge in [0.25, 0.3) is 5.56 Å². The minimum absolute atomic E-state index is 0.00503. The number of nitrogens with one attached hydrogen (secondary N) is 1. The summed E-state index contributed by atoms with van der Waals surface area (Å²) in [5.41, 5.74) is 2.58. The summed E-state index contributed by atoms with van der Waals surface area (Å²) in [5, 5.41) is 0. The highest BCUT2D eigenvalue weighted by Crippen LogP contribution is 2.16. The first-order valence-corrected chi connectivity index (χ1v) is 8.43. The van der Waals surface area contributed by atoms with Crippen LogP contribution in [-0.2, 0) is 17.9 Å². The van der Waals surface area contributed by atoms with Gasteiger partial charge in [0.2, 0.25) is 0 Å². The van der Waals surface area contributed by atoms with Crippen molar-refractivity contribution in [2.24, 2.45) is 0 Å². The summed E-state index contributed by atoms with van der Waals surface area (Å²) in [6.45, 7) is 10.0. The van der Waals surface area contributed by atoms with Crippen LogP contribution >= 0.6 is 0 Å². The minimum Gasteiger partial charge on any atom is -0.493 e. The van der Waals surface area contributed by atoms with Crippen LogP contribution in [0.5, 0.6) is 5.75 Å². The van der Waals surface area contributed by atoms with Gasteiger partial charge in [-0.15, -0.1) is 0 Å². The molecule has 6 nitrogen and oxygen atoms in total. The van der Waals surface area contributed by atoms with Gasteiger partial charge >= 0.3 is 5.69 Å².